The van der Waals surface area contributed by atoms with Crippen molar-refractivity contribution in [3.05, 3.63) is 53.7 Å². The molecule has 0 bridgehead atoms. The molecule has 0 aliphatic carbocycles. The molecule has 0 aliphatic rings. The molecule has 3 aromatic rings. The number of nitrogens with one attached hydrogen (secondary N) is 1. The van der Waals surface area contributed by atoms with E-state index in [1.807, 2.05) is 0 Å². The molecule has 0 atom stereocenters. The fourth-order valence-electron chi connectivity index (χ4n) is 2.78. The van der Waals surface area contributed by atoms with Gasteiger partial charge in [-0.25, -0.2) is 18.7 Å². The van der Waals surface area contributed by atoms with Crippen LogP contribution in [-0.4, -0.2) is 40.0 Å². The first-order chi connectivity index (χ1) is 14.4. The third kappa shape index (κ3) is 4.88. The quantitative estimate of drug-likeness (QED) is 0.564. The number of carbonyl (C=O) groups excluding carboxylic acids is 2. The molecule has 0 saturated heterocycles. The molecule has 0 aliphatic heterocycles. The minimum absolute atomic E-state index is 0.139. The molecule has 0 spiro atoms. The van der Waals surface area contributed by atoms with E-state index in [1.54, 1.807) is 29.8 Å². The Bertz CT molecular complexity index is 1070. The summed E-state index contributed by atoms with van der Waals surface area (Å²) in [5, 5.41) is 2.64. The van der Waals surface area contributed by atoms with Crippen LogP contribution < -0.4 is 10.1 Å². The maximum absolute atomic E-state index is 12.9. The Balaban J connectivity index is 1.87. The molecule has 0 unspecified atom stereocenters. The molecule has 0 saturated carbocycles. The van der Waals surface area contributed by atoms with Gasteiger partial charge in [0.2, 0.25) is 0 Å². The minimum Gasteiger partial charge on any atom is -0.491 e. The monoisotopic (exact) mass is 418 g/mol. The van der Waals surface area contributed by atoms with Gasteiger partial charge < -0.3 is 19.2 Å². The van der Waals surface area contributed by atoms with Crippen LogP contribution in [0.2, 0.25) is 0 Å². The first kappa shape index (κ1) is 21.2. The normalized spacial score (nSPS) is 11.0. The van der Waals surface area contributed by atoms with Crippen LogP contribution in [0.1, 0.15) is 41.6 Å². The number of hydrogen-bond donors (Lipinski definition) is 1. The van der Waals surface area contributed by atoms with Gasteiger partial charge >= 0.3 is 5.97 Å². The van der Waals surface area contributed by atoms with E-state index in [-0.39, 0.29) is 18.1 Å². The zero-order valence-corrected chi connectivity index (χ0v) is 16.4. The Morgan fingerprint density at radius 2 is 2.03 bits per heavy atom. The molecular weight excluding hydrogens is 398 g/mol. The highest BCUT2D eigenvalue weighted by molar-refractivity contribution is 6.03. The number of fused-ring (bicyclic) bond motifs is 1. The van der Waals surface area contributed by atoms with Gasteiger partial charge in [0, 0.05) is 24.9 Å². The van der Waals surface area contributed by atoms with Crippen molar-refractivity contribution in [3.8, 4) is 5.75 Å². The summed E-state index contributed by atoms with van der Waals surface area (Å²) in [5.41, 5.74) is 0.940. The summed E-state index contributed by atoms with van der Waals surface area (Å²) >= 11 is 0. The van der Waals surface area contributed by atoms with Crippen LogP contribution in [0.5, 0.6) is 5.75 Å². The summed E-state index contributed by atoms with van der Waals surface area (Å²) in [4.78, 5) is 32.0. The number of alkyl halides is 2. The van der Waals surface area contributed by atoms with Gasteiger partial charge in [-0.05, 0) is 19.1 Å². The van der Waals surface area contributed by atoms with Crippen molar-refractivity contribution in [2.45, 2.75) is 26.2 Å². The molecular formula is C20H20F2N4O4. The van der Waals surface area contributed by atoms with Crippen LogP contribution in [0.4, 0.5) is 14.5 Å². The Morgan fingerprint density at radius 3 is 2.73 bits per heavy atom. The number of aryl methyl sites for hydroxylation is 1. The SMILES string of the molecule is CCOc1cc2nc(CCC(=O)OC)cn2cc1NC(=O)c1cccc(C(F)F)n1. The number of amides is 1. The number of nitrogens with zero attached hydrogens (tertiary/aromatic N) is 3. The summed E-state index contributed by atoms with van der Waals surface area (Å²) in [7, 11) is 1.32. The van der Waals surface area contributed by atoms with Gasteiger partial charge in [-0.15, -0.1) is 0 Å². The number of anilines is 1. The van der Waals surface area contributed by atoms with Gasteiger partial charge in [-0.2, -0.15) is 0 Å². The Hall–Kier alpha value is -3.56. The average molecular weight is 418 g/mol. The van der Waals surface area contributed by atoms with E-state index in [9.17, 15) is 18.4 Å². The second-order valence-electron chi connectivity index (χ2n) is 6.26. The lowest BCUT2D eigenvalue weighted by Gasteiger charge is -2.12. The summed E-state index contributed by atoms with van der Waals surface area (Å²) in [5.74, 6) is -0.620. The fraction of sp³-hybridized carbons (Fsp3) is 0.300. The zero-order chi connectivity index (χ0) is 21.7. The van der Waals surface area contributed by atoms with E-state index in [4.69, 9.17) is 4.74 Å². The standard InChI is InChI=1S/C20H20F2N4O4/c1-3-30-16-9-17-23-12(7-8-18(27)29-2)10-26(17)11-15(16)25-20(28)14-6-4-5-13(24-14)19(21)22/h4-6,9-11,19H,3,7-8H2,1-2H3,(H,25,28). The van der Waals surface area contributed by atoms with Crippen molar-refractivity contribution < 1.29 is 27.8 Å². The second-order valence-corrected chi connectivity index (χ2v) is 6.26. The first-order valence-corrected chi connectivity index (χ1v) is 9.19. The number of methoxy groups -OCH3 is 1. The van der Waals surface area contributed by atoms with Crippen molar-refractivity contribution in [1.29, 1.82) is 0 Å². The zero-order valence-electron chi connectivity index (χ0n) is 16.4. The number of hydrogen-bond acceptors (Lipinski definition) is 6. The molecule has 158 valence electrons. The predicted molar refractivity (Wildman–Crippen MR) is 104 cm³/mol. The largest absolute Gasteiger partial charge is 0.491 e. The molecule has 1 N–H and O–H groups in total. The number of ether oxygens (including phenoxy) is 2. The van der Waals surface area contributed by atoms with E-state index in [0.717, 1.165) is 6.07 Å². The lowest BCUT2D eigenvalue weighted by atomic mass is 10.2. The van der Waals surface area contributed by atoms with Crippen molar-refractivity contribution in [2.24, 2.45) is 0 Å². The topological polar surface area (TPSA) is 94.8 Å². The van der Waals surface area contributed by atoms with Crippen molar-refractivity contribution in [2.75, 3.05) is 19.0 Å². The highest BCUT2D eigenvalue weighted by atomic mass is 19.3. The summed E-state index contributed by atoms with van der Waals surface area (Å²) in [6.07, 6.45) is 1.13. The van der Waals surface area contributed by atoms with Gasteiger partial charge in [-0.1, -0.05) is 6.07 Å². The van der Waals surface area contributed by atoms with Gasteiger partial charge in [0.15, 0.2) is 0 Å². The number of rotatable bonds is 8. The highest BCUT2D eigenvalue weighted by Gasteiger charge is 2.16. The second kappa shape index (κ2) is 9.29. The average Bonchev–Trinajstić information content (AvgIpc) is 3.14. The summed E-state index contributed by atoms with van der Waals surface area (Å²) < 4.78 is 37.6. The Labute approximate surface area is 170 Å². The summed E-state index contributed by atoms with van der Waals surface area (Å²) in [6.45, 7) is 2.13. The first-order valence-electron chi connectivity index (χ1n) is 9.19. The number of imidazole rings is 1. The minimum atomic E-state index is -2.78. The molecule has 0 radical (unpaired) electrons. The fourth-order valence-corrected chi connectivity index (χ4v) is 2.78. The summed E-state index contributed by atoms with van der Waals surface area (Å²) in [6, 6.07) is 5.49. The van der Waals surface area contributed by atoms with Crippen molar-refractivity contribution >= 4 is 23.2 Å². The van der Waals surface area contributed by atoms with Crippen LogP contribution in [0.3, 0.4) is 0 Å². The van der Waals surface area contributed by atoms with Gasteiger partial charge in [-0.3, -0.25) is 9.59 Å². The molecule has 3 rings (SSSR count). The van der Waals surface area contributed by atoms with E-state index in [0.29, 0.717) is 35.8 Å². The van der Waals surface area contributed by atoms with Crippen molar-refractivity contribution in [3.63, 3.8) is 0 Å². The van der Waals surface area contributed by atoms with Crippen LogP contribution in [0.15, 0.2) is 36.7 Å². The van der Waals surface area contributed by atoms with Gasteiger partial charge in [0.25, 0.3) is 12.3 Å². The maximum atomic E-state index is 12.9. The van der Waals surface area contributed by atoms with E-state index in [1.165, 1.54) is 19.2 Å². The molecule has 8 nitrogen and oxygen atoms in total. The lowest BCUT2D eigenvalue weighted by Crippen LogP contribution is -2.16. The molecule has 10 heteroatoms. The van der Waals surface area contributed by atoms with Crippen LogP contribution in [-0.2, 0) is 16.0 Å². The van der Waals surface area contributed by atoms with Crippen molar-refractivity contribution in [1.82, 2.24) is 14.4 Å². The van der Waals surface area contributed by atoms with Crippen LogP contribution in [0, 0.1) is 0 Å². The predicted octanol–water partition coefficient (Wildman–Crippen LogP) is 3.42. The molecule has 3 aromatic heterocycles. The maximum Gasteiger partial charge on any atom is 0.305 e. The smallest absolute Gasteiger partial charge is 0.305 e. The van der Waals surface area contributed by atoms with Gasteiger partial charge in [0.1, 0.15) is 28.5 Å². The highest BCUT2D eigenvalue weighted by Crippen LogP contribution is 2.27. The van der Waals surface area contributed by atoms with E-state index < -0.39 is 18.0 Å². The van der Waals surface area contributed by atoms with Crippen LogP contribution >= 0.6 is 0 Å². The third-order valence-electron chi connectivity index (χ3n) is 4.19. The number of esters is 1. The van der Waals surface area contributed by atoms with E-state index in [2.05, 4.69) is 20.0 Å². The van der Waals surface area contributed by atoms with Crippen LogP contribution in [0.25, 0.3) is 5.65 Å². The number of carbonyl (C=O) groups is 2. The van der Waals surface area contributed by atoms with Gasteiger partial charge in [0.05, 0.1) is 25.8 Å². The van der Waals surface area contributed by atoms with E-state index >= 15 is 0 Å². The number of aromatic nitrogens is 3. The number of pyridine rings is 2. The Kier molecular flexibility index (Phi) is 6.55. The molecule has 30 heavy (non-hydrogen) atoms. The molecule has 3 heterocycles. The molecule has 1 amide bonds. The molecule has 0 aromatic carbocycles. The lowest BCUT2D eigenvalue weighted by molar-refractivity contribution is -0.140. The molecule has 0 fully saturated rings. The number of halogens is 2. The Morgan fingerprint density at radius 1 is 1.23 bits per heavy atom. The third-order valence-corrected chi connectivity index (χ3v) is 4.19.